The monoisotopic (exact) mass is 385 g/mol. The Morgan fingerprint density at radius 3 is 2.62 bits per heavy atom. The molecule has 0 saturated carbocycles. The predicted molar refractivity (Wildman–Crippen MR) is 96.2 cm³/mol. The van der Waals surface area contributed by atoms with Gasteiger partial charge in [-0.25, -0.2) is 4.79 Å². The van der Waals surface area contributed by atoms with Crippen LogP contribution in [0.4, 0.5) is 11.4 Å². The molecule has 120 valence electrons. The highest BCUT2D eigenvalue weighted by atomic mass is 79.9. The van der Waals surface area contributed by atoms with Crippen molar-refractivity contribution in [2.45, 2.75) is 0 Å². The van der Waals surface area contributed by atoms with Crippen LogP contribution in [-0.4, -0.2) is 7.11 Å². The second kappa shape index (κ2) is 5.72. The Morgan fingerprint density at radius 2 is 1.88 bits per heavy atom. The Kier molecular flexibility index (Phi) is 3.54. The molecule has 2 aromatic carbocycles. The Balaban J connectivity index is 1.99. The summed E-state index contributed by atoms with van der Waals surface area (Å²) in [6.45, 7) is 0. The number of hydrogen-bond acceptors (Lipinski definition) is 5. The lowest BCUT2D eigenvalue weighted by Crippen LogP contribution is -2.02. The molecule has 4 rings (SSSR count). The highest BCUT2D eigenvalue weighted by molar-refractivity contribution is 9.10. The van der Waals surface area contributed by atoms with Gasteiger partial charge in [-0.3, -0.25) is 0 Å². The lowest BCUT2D eigenvalue weighted by molar-refractivity contribution is 0.423. The van der Waals surface area contributed by atoms with E-state index in [1.165, 1.54) is 6.07 Å². The van der Waals surface area contributed by atoms with Gasteiger partial charge in [-0.05, 0) is 30.3 Å². The second-order valence-electron chi connectivity index (χ2n) is 5.23. The molecule has 6 heteroatoms. The zero-order valence-corrected chi connectivity index (χ0v) is 14.2. The van der Waals surface area contributed by atoms with Gasteiger partial charge in [0.25, 0.3) is 0 Å². The average Bonchev–Trinajstić information content (AvgIpc) is 3.02. The molecule has 0 saturated heterocycles. The minimum Gasteiger partial charge on any atom is -0.495 e. The summed E-state index contributed by atoms with van der Waals surface area (Å²) in [4.78, 5) is 11.9. The summed E-state index contributed by atoms with van der Waals surface area (Å²) in [5.74, 6) is 0.597. The number of methoxy groups -OCH3 is 1. The van der Waals surface area contributed by atoms with E-state index in [1.54, 1.807) is 19.4 Å². The molecule has 1 N–H and O–H groups in total. The quantitative estimate of drug-likeness (QED) is 0.499. The number of anilines is 2. The van der Waals surface area contributed by atoms with Crippen molar-refractivity contribution in [3.63, 3.8) is 0 Å². The fraction of sp³-hybridized carbons (Fsp3) is 0.0556. The normalized spacial score (nSPS) is 11.1. The maximum Gasteiger partial charge on any atom is 0.338 e. The van der Waals surface area contributed by atoms with Crippen LogP contribution in [0, 0.1) is 0 Å². The number of furan rings is 1. The van der Waals surface area contributed by atoms with Gasteiger partial charge in [0.15, 0.2) is 0 Å². The molecule has 0 radical (unpaired) electrons. The number of ether oxygens (including phenoxy) is 1. The van der Waals surface area contributed by atoms with Crippen LogP contribution < -0.4 is 15.7 Å². The van der Waals surface area contributed by atoms with Crippen LogP contribution in [0.1, 0.15) is 0 Å². The van der Waals surface area contributed by atoms with Crippen LogP contribution >= 0.6 is 15.9 Å². The first-order valence-corrected chi connectivity index (χ1v) is 7.99. The number of benzene rings is 2. The van der Waals surface area contributed by atoms with E-state index in [4.69, 9.17) is 13.6 Å². The summed E-state index contributed by atoms with van der Waals surface area (Å²) in [6, 6.07) is 12.6. The van der Waals surface area contributed by atoms with Crippen molar-refractivity contribution in [1.82, 2.24) is 0 Å². The van der Waals surface area contributed by atoms with Gasteiger partial charge in [0.2, 0.25) is 0 Å². The number of hydrogen-bond donors (Lipinski definition) is 1. The fourth-order valence-corrected chi connectivity index (χ4v) is 2.99. The van der Waals surface area contributed by atoms with E-state index in [0.29, 0.717) is 28.0 Å². The minimum atomic E-state index is -0.449. The molecule has 0 aliphatic carbocycles. The predicted octanol–water partition coefficient (Wildman–Crippen LogP) is 5.05. The number of fused-ring (bicyclic) bond motifs is 2. The average molecular weight is 386 g/mol. The van der Waals surface area contributed by atoms with Gasteiger partial charge in [-0.1, -0.05) is 15.9 Å². The molecular weight excluding hydrogens is 374 g/mol. The van der Waals surface area contributed by atoms with E-state index in [1.807, 2.05) is 30.3 Å². The molecule has 0 bridgehead atoms. The molecule has 0 aliphatic heterocycles. The Bertz CT molecular complexity index is 1100. The molecule has 2 aromatic heterocycles. The third-order valence-electron chi connectivity index (χ3n) is 3.74. The molecule has 24 heavy (non-hydrogen) atoms. The van der Waals surface area contributed by atoms with E-state index in [9.17, 15) is 4.79 Å². The van der Waals surface area contributed by atoms with E-state index >= 15 is 0 Å². The molecule has 2 heterocycles. The topological polar surface area (TPSA) is 64.6 Å². The summed E-state index contributed by atoms with van der Waals surface area (Å²) < 4.78 is 17.3. The van der Waals surface area contributed by atoms with Gasteiger partial charge in [0.05, 0.1) is 29.8 Å². The van der Waals surface area contributed by atoms with Crippen molar-refractivity contribution in [3.8, 4) is 5.75 Å². The fourth-order valence-electron chi connectivity index (χ4n) is 2.72. The van der Waals surface area contributed by atoms with Crippen molar-refractivity contribution < 1.29 is 13.6 Å². The second-order valence-corrected chi connectivity index (χ2v) is 6.14. The zero-order chi connectivity index (χ0) is 16.7. The third-order valence-corrected chi connectivity index (χ3v) is 4.27. The number of nitrogens with one attached hydrogen (secondary N) is 1. The van der Waals surface area contributed by atoms with Crippen molar-refractivity contribution in [2.24, 2.45) is 0 Å². The van der Waals surface area contributed by atoms with Gasteiger partial charge in [-0.2, -0.15) is 0 Å². The summed E-state index contributed by atoms with van der Waals surface area (Å²) in [7, 11) is 1.58. The van der Waals surface area contributed by atoms with Crippen LogP contribution in [0.3, 0.4) is 0 Å². The lowest BCUT2D eigenvalue weighted by atomic mass is 10.1. The first kappa shape index (κ1) is 14.8. The van der Waals surface area contributed by atoms with E-state index < -0.39 is 5.63 Å². The van der Waals surface area contributed by atoms with Crippen LogP contribution in [-0.2, 0) is 0 Å². The summed E-state index contributed by atoms with van der Waals surface area (Å²) in [5, 5.41) is 4.76. The molecule has 0 unspecified atom stereocenters. The van der Waals surface area contributed by atoms with E-state index in [0.717, 1.165) is 15.5 Å². The van der Waals surface area contributed by atoms with Gasteiger partial charge in [0.1, 0.15) is 16.9 Å². The van der Waals surface area contributed by atoms with Crippen LogP contribution in [0.25, 0.3) is 21.9 Å². The van der Waals surface area contributed by atoms with E-state index in [-0.39, 0.29) is 0 Å². The summed E-state index contributed by atoms with van der Waals surface area (Å²) >= 11 is 3.40. The number of rotatable bonds is 3. The van der Waals surface area contributed by atoms with E-state index in [2.05, 4.69) is 21.2 Å². The molecule has 0 amide bonds. The molecule has 4 aromatic rings. The highest BCUT2D eigenvalue weighted by Crippen LogP contribution is 2.39. The van der Waals surface area contributed by atoms with Gasteiger partial charge in [-0.15, -0.1) is 0 Å². The maximum atomic E-state index is 11.9. The zero-order valence-electron chi connectivity index (χ0n) is 12.6. The van der Waals surface area contributed by atoms with Crippen LogP contribution in [0.15, 0.2) is 66.8 Å². The number of halogens is 1. The first-order chi connectivity index (χ1) is 11.7. The third kappa shape index (κ3) is 2.45. The molecule has 0 atom stereocenters. The van der Waals surface area contributed by atoms with Crippen molar-refractivity contribution in [1.29, 1.82) is 0 Å². The molecule has 0 aliphatic rings. The van der Waals surface area contributed by atoms with Crippen LogP contribution in [0.2, 0.25) is 0 Å². The molecule has 0 fully saturated rings. The smallest absolute Gasteiger partial charge is 0.338 e. The summed E-state index contributed by atoms with van der Waals surface area (Å²) in [5.41, 5.74) is 2.02. The Labute approximate surface area is 145 Å². The SMILES string of the molecule is COc1c2ccoc2cc2oc(=O)cc(Nc3ccc(Br)cc3)c12. The van der Waals surface area contributed by atoms with Crippen LogP contribution in [0.5, 0.6) is 5.75 Å². The highest BCUT2D eigenvalue weighted by Gasteiger charge is 2.17. The van der Waals surface area contributed by atoms with Crippen molar-refractivity contribution in [3.05, 3.63) is 63.6 Å². The Hall–Kier alpha value is -2.73. The largest absolute Gasteiger partial charge is 0.495 e. The van der Waals surface area contributed by atoms with Gasteiger partial charge >= 0.3 is 5.63 Å². The Morgan fingerprint density at radius 1 is 1.08 bits per heavy atom. The molecular formula is C18H12BrNO4. The standard InChI is InChI=1S/C18H12BrNO4/c1-22-18-12-6-7-23-14(12)9-15-17(18)13(8-16(21)24-15)20-11-4-2-10(19)3-5-11/h2-9,20H,1H3. The molecule has 0 spiro atoms. The van der Waals surface area contributed by atoms with Gasteiger partial charge < -0.3 is 18.9 Å². The maximum absolute atomic E-state index is 11.9. The summed E-state index contributed by atoms with van der Waals surface area (Å²) in [6.07, 6.45) is 1.58. The lowest BCUT2D eigenvalue weighted by Gasteiger charge is -2.12. The molecule has 5 nitrogen and oxygen atoms in total. The van der Waals surface area contributed by atoms with Gasteiger partial charge in [0, 0.05) is 22.3 Å². The minimum absolute atomic E-state index is 0.404. The van der Waals surface area contributed by atoms with Crippen molar-refractivity contribution in [2.75, 3.05) is 12.4 Å². The van der Waals surface area contributed by atoms with Crippen molar-refractivity contribution >= 4 is 49.2 Å². The first-order valence-electron chi connectivity index (χ1n) is 7.20.